The minimum Gasteiger partial charge on any atom is -0.506 e. The third-order valence-electron chi connectivity index (χ3n) is 2.44. The largest absolute Gasteiger partial charge is 0.673 e. The van der Waals surface area contributed by atoms with E-state index >= 15 is 0 Å². The monoisotopic (exact) mass is 352 g/mol. The van der Waals surface area contributed by atoms with E-state index in [2.05, 4.69) is 24.3 Å². The predicted molar refractivity (Wildman–Crippen MR) is 85.9 cm³/mol. The summed E-state index contributed by atoms with van der Waals surface area (Å²) in [5, 5.41) is 9.74. The first-order valence-electron chi connectivity index (χ1n) is 6.27. The molecule has 0 radical (unpaired) electrons. The number of halogens is 5. The van der Waals surface area contributed by atoms with Gasteiger partial charge >= 0.3 is 7.25 Å². The molecule has 0 fully saturated rings. The number of phenols is 1. The fourth-order valence-electron chi connectivity index (χ4n) is 1.55. The molecule has 0 aliphatic carbocycles. The number of thiol groups is 1. The van der Waals surface area contributed by atoms with E-state index in [0.717, 1.165) is 17.1 Å². The van der Waals surface area contributed by atoms with Crippen LogP contribution in [0.4, 0.5) is 17.3 Å². The molecular weight excluding hydrogens is 338 g/mol. The van der Waals surface area contributed by atoms with Crippen molar-refractivity contribution in [1.82, 2.24) is 0 Å². The summed E-state index contributed by atoms with van der Waals surface area (Å²) < 4.78 is 39.0. The van der Waals surface area contributed by atoms with E-state index in [-0.39, 0.29) is 5.75 Å². The number of phenolic OH excluding ortho intramolecular Hbond substituents is 1. The zero-order chi connectivity index (χ0) is 16.6. The van der Waals surface area contributed by atoms with E-state index in [9.17, 15) is 22.4 Å². The molecule has 0 unspecified atom stereocenters. The first kappa shape index (κ1) is 18.7. The molecule has 8 heteroatoms. The van der Waals surface area contributed by atoms with Crippen molar-refractivity contribution in [2.45, 2.75) is 11.5 Å². The van der Waals surface area contributed by atoms with E-state index in [1.165, 1.54) is 17.3 Å². The van der Waals surface area contributed by atoms with Gasteiger partial charge in [0.05, 0.1) is 5.02 Å². The van der Waals surface area contributed by atoms with E-state index in [0.29, 0.717) is 5.02 Å². The van der Waals surface area contributed by atoms with E-state index < -0.39 is 7.25 Å². The van der Waals surface area contributed by atoms with Gasteiger partial charge in [-0.25, -0.2) is 0 Å². The molecule has 1 N–H and O–H groups in total. The van der Waals surface area contributed by atoms with Crippen LogP contribution in [-0.2, 0) is 23.3 Å². The lowest BCUT2D eigenvalue weighted by molar-refractivity contribution is 0.368. The molecular formula is C14H14BClF4OS. The minimum absolute atomic E-state index is 0.148. The molecule has 0 spiro atoms. The third kappa shape index (κ3) is 8.84. The highest BCUT2D eigenvalue weighted by Gasteiger charge is 2.20. The predicted octanol–water partition coefficient (Wildman–Crippen LogP) is 4.86. The van der Waals surface area contributed by atoms with Gasteiger partial charge in [-0.05, 0) is 23.9 Å². The van der Waals surface area contributed by atoms with Crippen molar-refractivity contribution in [3.63, 3.8) is 0 Å². The van der Waals surface area contributed by atoms with Crippen molar-refractivity contribution >= 4 is 30.6 Å². The van der Waals surface area contributed by atoms with Crippen molar-refractivity contribution in [3.05, 3.63) is 64.7 Å². The van der Waals surface area contributed by atoms with Crippen LogP contribution in [0.1, 0.15) is 11.1 Å². The van der Waals surface area contributed by atoms with Gasteiger partial charge in [0.25, 0.3) is 0 Å². The fraction of sp³-hybridized carbons (Fsp3) is 0.143. The Morgan fingerprint density at radius 2 is 1.45 bits per heavy atom. The highest BCUT2D eigenvalue weighted by molar-refractivity contribution is 7.76. The molecule has 0 aromatic heterocycles. The van der Waals surface area contributed by atoms with Crippen LogP contribution in [0.5, 0.6) is 5.75 Å². The van der Waals surface area contributed by atoms with Crippen LogP contribution < -0.4 is 0 Å². The van der Waals surface area contributed by atoms with Crippen LogP contribution in [0.15, 0.2) is 48.5 Å². The van der Waals surface area contributed by atoms with Gasteiger partial charge < -0.3 is 22.4 Å². The average molecular weight is 353 g/mol. The SMILES string of the molecule is F[B-](F)(F)F.Oc1ccc(C[SH+]Cc2ccccc2)cc1Cl. The molecule has 0 amide bonds. The number of aromatic hydroxyl groups is 1. The summed E-state index contributed by atoms with van der Waals surface area (Å²) in [5.74, 6) is 2.14. The second kappa shape index (κ2) is 8.95. The van der Waals surface area contributed by atoms with Gasteiger partial charge in [-0.3, -0.25) is 0 Å². The van der Waals surface area contributed by atoms with E-state index in [1.807, 2.05) is 18.2 Å². The first-order chi connectivity index (χ1) is 10.3. The fourth-order valence-corrected chi connectivity index (χ4v) is 2.79. The molecule has 0 heterocycles. The smallest absolute Gasteiger partial charge is 0.506 e. The van der Waals surface area contributed by atoms with Gasteiger partial charge in [0.2, 0.25) is 0 Å². The Hall–Kier alpha value is -1.34. The van der Waals surface area contributed by atoms with Gasteiger partial charge in [0.15, 0.2) is 0 Å². The molecule has 1 nitrogen and oxygen atoms in total. The molecule has 0 saturated heterocycles. The van der Waals surface area contributed by atoms with Crippen LogP contribution in [0, 0.1) is 0 Å². The lowest BCUT2D eigenvalue weighted by Gasteiger charge is -1.99. The lowest BCUT2D eigenvalue weighted by Crippen LogP contribution is -2.02. The Morgan fingerprint density at radius 3 is 2.00 bits per heavy atom. The second-order valence-electron chi connectivity index (χ2n) is 4.31. The Balaban J connectivity index is 0.000000422. The quantitative estimate of drug-likeness (QED) is 0.360. The van der Waals surface area contributed by atoms with Crippen LogP contribution >= 0.6 is 11.6 Å². The summed E-state index contributed by atoms with van der Waals surface area (Å²) >= 11 is 7.19. The van der Waals surface area contributed by atoms with Crippen molar-refractivity contribution in [3.8, 4) is 5.75 Å². The molecule has 120 valence electrons. The molecule has 0 saturated carbocycles. The average Bonchev–Trinajstić information content (AvgIpc) is 2.42. The summed E-state index contributed by atoms with van der Waals surface area (Å²) in [6.07, 6.45) is 0. The highest BCUT2D eigenvalue weighted by atomic mass is 35.5. The normalized spacial score (nSPS) is 10.8. The maximum Gasteiger partial charge on any atom is 0.673 e. The Kier molecular flexibility index (Phi) is 7.61. The molecule has 2 aromatic rings. The summed E-state index contributed by atoms with van der Waals surface area (Å²) in [7, 11) is -6.00. The minimum atomic E-state index is -6.00. The molecule has 0 bridgehead atoms. The number of hydrogen-bond acceptors (Lipinski definition) is 1. The van der Waals surface area contributed by atoms with E-state index in [4.69, 9.17) is 11.6 Å². The highest BCUT2D eigenvalue weighted by Crippen LogP contribution is 2.24. The van der Waals surface area contributed by atoms with Gasteiger partial charge in [0.1, 0.15) is 17.3 Å². The summed E-state index contributed by atoms with van der Waals surface area (Å²) in [4.78, 5) is 0. The lowest BCUT2D eigenvalue weighted by atomic mass is 10.2. The van der Waals surface area contributed by atoms with Crippen molar-refractivity contribution in [1.29, 1.82) is 0 Å². The maximum absolute atomic E-state index is 9.75. The summed E-state index contributed by atoms with van der Waals surface area (Å²) in [5.41, 5.74) is 2.50. The topological polar surface area (TPSA) is 20.2 Å². The summed E-state index contributed by atoms with van der Waals surface area (Å²) in [6.45, 7) is 0. The van der Waals surface area contributed by atoms with Crippen LogP contribution in [0.25, 0.3) is 0 Å². The van der Waals surface area contributed by atoms with Crippen LogP contribution in [0.3, 0.4) is 0 Å². The first-order valence-corrected chi connectivity index (χ1v) is 7.92. The molecule has 22 heavy (non-hydrogen) atoms. The van der Waals surface area contributed by atoms with E-state index in [1.54, 1.807) is 6.07 Å². The maximum atomic E-state index is 9.75. The number of hydrogen-bond donors (Lipinski definition) is 1. The number of benzene rings is 2. The third-order valence-corrected chi connectivity index (χ3v) is 3.92. The van der Waals surface area contributed by atoms with Crippen molar-refractivity contribution in [2.75, 3.05) is 0 Å². The summed E-state index contributed by atoms with van der Waals surface area (Å²) in [6, 6.07) is 15.8. The second-order valence-corrected chi connectivity index (χ2v) is 5.79. The molecule has 2 rings (SSSR count). The van der Waals surface area contributed by atoms with Gasteiger partial charge in [-0.2, -0.15) is 0 Å². The standard InChI is InChI=1S/C14H13ClOS.BF4/c15-13-8-12(6-7-14(13)16)10-17-9-11-4-2-1-3-5-11;2-1(3,4)5/h1-8,16H,9-10H2;/q;-1/p+1. The molecule has 2 aromatic carbocycles. The Labute approximate surface area is 135 Å². The molecule has 0 aliphatic heterocycles. The van der Waals surface area contributed by atoms with Crippen molar-refractivity contribution in [2.24, 2.45) is 0 Å². The zero-order valence-corrected chi connectivity index (χ0v) is 13.0. The van der Waals surface area contributed by atoms with Crippen LogP contribution in [0.2, 0.25) is 5.02 Å². The molecule has 0 atom stereocenters. The molecule has 0 aliphatic rings. The van der Waals surface area contributed by atoms with Gasteiger partial charge in [-0.1, -0.05) is 48.0 Å². The van der Waals surface area contributed by atoms with Gasteiger partial charge in [0, 0.05) is 11.1 Å². The zero-order valence-electron chi connectivity index (χ0n) is 11.4. The number of rotatable bonds is 4. The Morgan fingerprint density at radius 1 is 0.909 bits per heavy atom. The van der Waals surface area contributed by atoms with Crippen molar-refractivity contribution < 1.29 is 22.4 Å². The van der Waals surface area contributed by atoms with Gasteiger partial charge in [-0.15, -0.1) is 0 Å². The Bertz CT molecular complexity index is 575. The van der Waals surface area contributed by atoms with Crippen LogP contribution in [-0.4, -0.2) is 12.4 Å².